The first kappa shape index (κ1) is 9.06. The van der Waals surface area contributed by atoms with Crippen LogP contribution in [0, 0.1) is 5.92 Å². The highest BCUT2D eigenvalue weighted by molar-refractivity contribution is 5.97. The van der Waals surface area contributed by atoms with Crippen LogP contribution in [0.3, 0.4) is 0 Å². The van der Waals surface area contributed by atoms with Gasteiger partial charge in [0.05, 0.1) is 0 Å². The third-order valence-electron chi connectivity index (χ3n) is 2.74. The first-order valence-corrected chi connectivity index (χ1v) is 4.75. The van der Waals surface area contributed by atoms with Gasteiger partial charge in [0.25, 0.3) is 0 Å². The van der Waals surface area contributed by atoms with E-state index in [1.807, 2.05) is 32.2 Å². The Kier molecular flexibility index (Phi) is 1.95. The molecule has 1 heterocycles. The smallest absolute Gasteiger partial charge is 0.229 e. The van der Waals surface area contributed by atoms with Gasteiger partial charge in [0.2, 0.25) is 5.91 Å². The van der Waals surface area contributed by atoms with Crippen LogP contribution in [-0.2, 0) is 11.2 Å². The van der Waals surface area contributed by atoms with Crippen LogP contribution in [0.25, 0.3) is 0 Å². The Hall–Kier alpha value is -1.51. The maximum atomic E-state index is 11.7. The van der Waals surface area contributed by atoms with E-state index in [1.54, 1.807) is 4.90 Å². The van der Waals surface area contributed by atoms with Gasteiger partial charge in [-0.25, -0.2) is 0 Å². The lowest BCUT2D eigenvalue weighted by Crippen LogP contribution is -2.37. The second kappa shape index (κ2) is 3.01. The molecule has 1 aliphatic heterocycles. The molecule has 3 nitrogen and oxygen atoms in total. The Balaban J connectivity index is 2.50. The number of anilines is 2. The van der Waals surface area contributed by atoms with E-state index < -0.39 is 0 Å². The second-order valence-electron chi connectivity index (χ2n) is 3.89. The Morgan fingerprint density at radius 2 is 2.21 bits per heavy atom. The SMILES string of the molecule is C[C@@H]1Cc2cc(N)ccc2N(C)C1=O. The van der Waals surface area contributed by atoms with Crippen molar-refractivity contribution in [1.82, 2.24) is 0 Å². The molecular weight excluding hydrogens is 176 g/mol. The summed E-state index contributed by atoms with van der Waals surface area (Å²) in [5, 5.41) is 0. The van der Waals surface area contributed by atoms with E-state index in [1.165, 1.54) is 5.56 Å². The molecule has 2 rings (SSSR count). The minimum Gasteiger partial charge on any atom is -0.399 e. The number of carbonyl (C=O) groups is 1. The lowest BCUT2D eigenvalue weighted by molar-refractivity contribution is -0.121. The van der Waals surface area contributed by atoms with Crippen LogP contribution in [0.1, 0.15) is 12.5 Å². The van der Waals surface area contributed by atoms with Crippen LogP contribution in [0.5, 0.6) is 0 Å². The molecule has 0 radical (unpaired) electrons. The number of carbonyl (C=O) groups excluding carboxylic acids is 1. The topological polar surface area (TPSA) is 46.3 Å². The molecule has 0 bridgehead atoms. The van der Waals surface area contributed by atoms with Crippen LogP contribution in [0.15, 0.2) is 18.2 Å². The molecule has 14 heavy (non-hydrogen) atoms. The van der Waals surface area contributed by atoms with Crippen LogP contribution in [0.4, 0.5) is 11.4 Å². The molecular formula is C11H14N2O. The first-order chi connectivity index (χ1) is 6.59. The molecule has 1 aromatic rings. The Bertz CT molecular complexity index is 387. The van der Waals surface area contributed by atoms with E-state index in [4.69, 9.17) is 5.73 Å². The van der Waals surface area contributed by atoms with Crippen molar-refractivity contribution in [3.8, 4) is 0 Å². The Morgan fingerprint density at radius 3 is 2.93 bits per heavy atom. The molecule has 0 aliphatic carbocycles. The lowest BCUT2D eigenvalue weighted by Gasteiger charge is -2.29. The lowest BCUT2D eigenvalue weighted by atomic mass is 9.93. The second-order valence-corrected chi connectivity index (χ2v) is 3.89. The average Bonchev–Trinajstić information content (AvgIpc) is 2.14. The Morgan fingerprint density at radius 1 is 1.50 bits per heavy atom. The molecule has 0 spiro atoms. The molecule has 0 fully saturated rings. The first-order valence-electron chi connectivity index (χ1n) is 4.75. The molecule has 1 aliphatic rings. The van der Waals surface area contributed by atoms with Gasteiger partial charge in [-0.1, -0.05) is 6.92 Å². The van der Waals surface area contributed by atoms with Crippen molar-refractivity contribution in [3.05, 3.63) is 23.8 Å². The van der Waals surface area contributed by atoms with E-state index in [2.05, 4.69) is 0 Å². The van der Waals surface area contributed by atoms with Crippen LogP contribution >= 0.6 is 0 Å². The summed E-state index contributed by atoms with van der Waals surface area (Å²) < 4.78 is 0. The van der Waals surface area contributed by atoms with Gasteiger partial charge in [0.1, 0.15) is 0 Å². The summed E-state index contributed by atoms with van der Waals surface area (Å²) in [7, 11) is 1.81. The monoisotopic (exact) mass is 190 g/mol. The summed E-state index contributed by atoms with van der Waals surface area (Å²) in [6.07, 6.45) is 0.795. The maximum absolute atomic E-state index is 11.7. The van der Waals surface area contributed by atoms with Gasteiger partial charge in [0.15, 0.2) is 0 Å². The fraction of sp³-hybridized carbons (Fsp3) is 0.364. The molecule has 1 amide bonds. The molecule has 0 saturated heterocycles. The highest BCUT2D eigenvalue weighted by atomic mass is 16.2. The fourth-order valence-corrected chi connectivity index (χ4v) is 1.96. The number of fused-ring (bicyclic) bond motifs is 1. The van der Waals surface area contributed by atoms with E-state index in [0.29, 0.717) is 0 Å². The summed E-state index contributed by atoms with van der Waals surface area (Å²) in [5.41, 5.74) is 8.62. The van der Waals surface area contributed by atoms with Crippen LogP contribution < -0.4 is 10.6 Å². The summed E-state index contributed by atoms with van der Waals surface area (Å²) in [4.78, 5) is 13.4. The van der Waals surface area contributed by atoms with Gasteiger partial charge in [-0.2, -0.15) is 0 Å². The van der Waals surface area contributed by atoms with Gasteiger partial charge in [-0.3, -0.25) is 4.79 Å². The van der Waals surface area contributed by atoms with Crippen LogP contribution in [-0.4, -0.2) is 13.0 Å². The molecule has 3 heteroatoms. The van der Waals surface area contributed by atoms with Gasteiger partial charge in [0, 0.05) is 24.3 Å². The molecule has 0 aromatic heterocycles. The number of rotatable bonds is 0. The number of hydrogen-bond donors (Lipinski definition) is 1. The number of nitrogens with two attached hydrogens (primary N) is 1. The van der Waals surface area contributed by atoms with Gasteiger partial charge >= 0.3 is 0 Å². The predicted octanol–water partition coefficient (Wildman–Crippen LogP) is 1.42. The van der Waals surface area contributed by atoms with Crippen molar-refractivity contribution in [1.29, 1.82) is 0 Å². The summed E-state index contributed by atoms with van der Waals surface area (Å²) >= 11 is 0. The van der Waals surface area contributed by atoms with Crippen molar-refractivity contribution in [2.24, 2.45) is 5.92 Å². The van der Waals surface area contributed by atoms with Crippen molar-refractivity contribution >= 4 is 17.3 Å². The zero-order valence-electron chi connectivity index (χ0n) is 8.45. The predicted molar refractivity (Wildman–Crippen MR) is 57.1 cm³/mol. The van der Waals surface area contributed by atoms with E-state index in [0.717, 1.165) is 17.8 Å². The van der Waals surface area contributed by atoms with Crippen molar-refractivity contribution < 1.29 is 4.79 Å². The average molecular weight is 190 g/mol. The van der Waals surface area contributed by atoms with Crippen LogP contribution in [0.2, 0.25) is 0 Å². The third-order valence-corrected chi connectivity index (χ3v) is 2.74. The van der Waals surface area contributed by atoms with Gasteiger partial charge < -0.3 is 10.6 Å². The molecule has 1 aromatic carbocycles. The maximum Gasteiger partial charge on any atom is 0.229 e. The quantitative estimate of drug-likeness (QED) is 0.629. The van der Waals surface area contributed by atoms with E-state index >= 15 is 0 Å². The molecule has 0 saturated carbocycles. The highest BCUT2D eigenvalue weighted by Crippen LogP contribution is 2.30. The Labute approximate surface area is 83.5 Å². The molecule has 1 atom stereocenters. The normalized spacial score (nSPS) is 20.9. The standard InChI is InChI=1S/C11H14N2O/c1-7-5-8-6-9(12)3-4-10(8)13(2)11(7)14/h3-4,6-7H,5,12H2,1-2H3/t7-/m1/s1. The zero-order valence-corrected chi connectivity index (χ0v) is 8.45. The van der Waals surface area contributed by atoms with E-state index in [-0.39, 0.29) is 11.8 Å². The number of benzene rings is 1. The van der Waals surface area contributed by atoms with Gasteiger partial charge in [-0.15, -0.1) is 0 Å². The number of hydrogen-bond acceptors (Lipinski definition) is 2. The van der Waals surface area contributed by atoms with Crippen molar-refractivity contribution in [2.45, 2.75) is 13.3 Å². The summed E-state index contributed by atoms with van der Waals surface area (Å²) in [6, 6.07) is 5.70. The highest BCUT2D eigenvalue weighted by Gasteiger charge is 2.26. The number of amides is 1. The molecule has 74 valence electrons. The largest absolute Gasteiger partial charge is 0.399 e. The van der Waals surface area contributed by atoms with Gasteiger partial charge in [-0.05, 0) is 30.2 Å². The van der Waals surface area contributed by atoms with Crippen molar-refractivity contribution in [2.75, 3.05) is 17.7 Å². The number of nitrogens with zero attached hydrogens (tertiary/aromatic N) is 1. The van der Waals surface area contributed by atoms with Crippen molar-refractivity contribution in [3.63, 3.8) is 0 Å². The molecule has 2 N–H and O–H groups in total. The third kappa shape index (κ3) is 1.25. The molecule has 0 unspecified atom stereocenters. The minimum atomic E-state index is 0.0642. The zero-order chi connectivity index (χ0) is 10.3. The summed E-state index contributed by atoms with van der Waals surface area (Å²) in [6.45, 7) is 1.95. The fourth-order valence-electron chi connectivity index (χ4n) is 1.96. The summed E-state index contributed by atoms with van der Waals surface area (Å²) in [5.74, 6) is 0.247. The van der Waals surface area contributed by atoms with E-state index in [9.17, 15) is 4.79 Å². The minimum absolute atomic E-state index is 0.0642. The number of nitrogen functional groups attached to an aromatic ring is 1.